The monoisotopic (exact) mass is 262 g/mol. The summed E-state index contributed by atoms with van der Waals surface area (Å²) in [7, 11) is 0. The molecule has 0 unspecified atom stereocenters. The smallest absolute Gasteiger partial charge is 0.151 e. The minimum Gasteiger partial charge on any atom is -0.352 e. The molecule has 1 saturated carbocycles. The Hall–Kier alpha value is -1.16. The number of nitrogens with two attached hydrogens (primary N) is 1. The average molecular weight is 262 g/mol. The molecule has 1 aromatic rings. The minimum absolute atomic E-state index is 0.617. The van der Waals surface area contributed by atoms with Crippen molar-refractivity contribution in [3.05, 3.63) is 17.8 Å². The van der Waals surface area contributed by atoms with Crippen molar-refractivity contribution in [2.24, 2.45) is 5.73 Å². The molecule has 2 rings (SSSR count). The first-order valence-corrected chi connectivity index (χ1v) is 7.58. The Bertz CT molecular complexity index is 355. The minimum atomic E-state index is 0.617. The molecule has 0 atom stereocenters. The molecule has 1 aliphatic rings. The predicted octanol–water partition coefficient (Wildman–Crippen LogP) is 2.66. The highest BCUT2D eigenvalue weighted by Crippen LogP contribution is 2.25. The lowest BCUT2D eigenvalue weighted by Gasteiger charge is -2.32. The summed E-state index contributed by atoms with van der Waals surface area (Å²) in [5.41, 5.74) is 6.65. The highest BCUT2D eigenvalue weighted by molar-refractivity contribution is 5.38. The fourth-order valence-electron chi connectivity index (χ4n) is 2.86. The van der Waals surface area contributed by atoms with Crippen LogP contribution in [0.25, 0.3) is 0 Å². The third-order valence-corrected chi connectivity index (χ3v) is 3.95. The van der Waals surface area contributed by atoms with Gasteiger partial charge in [0.15, 0.2) is 5.82 Å². The van der Waals surface area contributed by atoms with Crippen LogP contribution >= 0.6 is 0 Å². The number of hydrogen-bond donors (Lipinski definition) is 1. The molecular weight excluding hydrogens is 236 g/mol. The second-order valence-corrected chi connectivity index (χ2v) is 5.51. The lowest BCUT2D eigenvalue weighted by atomic mass is 10.1. The summed E-state index contributed by atoms with van der Waals surface area (Å²) in [6.07, 6.45) is 9.00. The van der Waals surface area contributed by atoms with Crippen LogP contribution in [0.2, 0.25) is 0 Å². The van der Waals surface area contributed by atoms with Crippen LogP contribution in [0.4, 0.5) is 5.82 Å². The predicted molar refractivity (Wildman–Crippen MR) is 79.3 cm³/mol. The lowest BCUT2D eigenvalue weighted by molar-refractivity contribution is 0.513. The van der Waals surface area contributed by atoms with Crippen LogP contribution in [0, 0.1) is 6.92 Å². The Morgan fingerprint density at radius 3 is 2.47 bits per heavy atom. The van der Waals surface area contributed by atoms with Crippen LogP contribution in [-0.2, 0) is 0 Å². The molecule has 0 radical (unpaired) electrons. The van der Waals surface area contributed by atoms with Crippen LogP contribution in [0.5, 0.6) is 0 Å². The SMILES string of the molecule is Cc1ccc(N(CCCN)C2CCCCCC2)nn1. The molecule has 0 saturated heterocycles. The second-order valence-electron chi connectivity index (χ2n) is 5.51. The van der Waals surface area contributed by atoms with E-state index in [9.17, 15) is 0 Å². The normalized spacial score (nSPS) is 17.2. The van der Waals surface area contributed by atoms with Gasteiger partial charge < -0.3 is 10.6 Å². The van der Waals surface area contributed by atoms with Crippen molar-refractivity contribution in [1.29, 1.82) is 0 Å². The molecule has 0 aliphatic heterocycles. The number of hydrogen-bond acceptors (Lipinski definition) is 4. The van der Waals surface area contributed by atoms with Gasteiger partial charge in [-0.1, -0.05) is 25.7 Å². The quantitative estimate of drug-likeness (QED) is 0.829. The van der Waals surface area contributed by atoms with Gasteiger partial charge in [0.2, 0.25) is 0 Å². The van der Waals surface area contributed by atoms with Crippen LogP contribution in [0.15, 0.2) is 12.1 Å². The first-order valence-electron chi connectivity index (χ1n) is 7.58. The average Bonchev–Trinajstić information content (AvgIpc) is 2.70. The lowest BCUT2D eigenvalue weighted by Crippen LogP contribution is -2.37. The zero-order valence-electron chi connectivity index (χ0n) is 12.0. The first-order chi connectivity index (χ1) is 9.31. The second kappa shape index (κ2) is 7.43. The van der Waals surface area contributed by atoms with Gasteiger partial charge in [0, 0.05) is 12.6 Å². The molecule has 1 aliphatic carbocycles. The Labute approximate surface area is 116 Å². The Kier molecular flexibility index (Phi) is 5.58. The fourth-order valence-corrected chi connectivity index (χ4v) is 2.86. The standard InChI is InChI=1S/C15H26N4/c1-13-9-10-15(18-17-13)19(12-6-11-16)14-7-4-2-3-5-8-14/h9-10,14H,2-8,11-12,16H2,1H3. The number of nitrogens with zero attached hydrogens (tertiary/aromatic N) is 3. The van der Waals surface area contributed by atoms with E-state index in [1.54, 1.807) is 0 Å². The summed E-state index contributed by atoms with van der Waals surface area (Å²) in [6, 6.07) is 4.77. The third kappa shape index (κ3) is 4.16. The molecule has 0 spiro atoms. The molecular formula is C15H26N4. The summed E-state index contributed by atoms with van der Waals surface area (Å²) in [6.45, 7) is 3.72. The summed E-state index contributed by atoms with van der Waals surface area (Å²) in [5, 5.41) is 8.58. The molecule has 106 valence electrons. The van der Waals surface area contributed by atoms with Crippen molar-refractivity contribution in [1.82, 2.24) is 10.2 Å². The number of aryl methyl sites for hydroxylation is 1. The third-order valence-electron chi connectivity index (χ3n) is 3.95. The van der Waals surface area contributed by atoms with Gasteiger partial charge in [0.05, 0.1) is 5.69 Å². The molecule has 1 heterocycles. The highest BCUT2D eigenvalue weighted by Gasteiger charge is 2.21. The number of anilines is 1. The Morgan fingerprint density at radius 1 is 1.16 bits per heavy atom. The van der Waals surface area contributed by atoms with Gasteiger partial charge in [-0.15, -0.1) is 5.10 Å². The summed E-state index contributed by atoms with van der Waals surface area (Å²) in [4.78, 5) is 2.44. The van der Waals surface area contributed by atoms with Gasteiger partial charge in [0.1, 0.15) is 0 Å². The molecule has 4 nitrogen and oxygen atoms in total. The van der Waals surface area contributed by atoms with Gasteiger partial charge in [-0.3, -0.25) is 0 Å². The molecule has 4 heteroatoms. The van der Waals surface area contributed by atoms with Crippen molar-refractivity contribution in [3.63, 3.8) is 0 Å². The van der Waals surface area contributed by atoms with Gasteiger partial charge in [-0.05, 0) is 44.9 Å². The molecule has 1 aromatic heterocycles. The van der Waals surface area contributed by atoms with E-state index >= 15 is 0 Å². The van der Waals surface area contributed by atoms with E-state index in [1.165, 1.54) is 38.5 Å². The van der Waals surface area contributed by atoms with Crippen molar-refractivity contribution in [2.75, 3.05) is 18.0 Å². The maximum absolute atomic E-state index is 5.68. The van der Waals surface area contributed by atoms with E-state index < -0.39 is 0 Å². The summed E-state index contributed by atoms with van der Waals surface area (Å²) >= 11 is 0. The van der Waals surface area contributed by atoms with Crippen LogP contribution in [0.1, 0.15) is 50.6 Å². The van der Waals surface area contributed by atoms with Gasteiger partial charge >= 0.3 is 0 Å². The topological polar surface area (TPSA) is 55.0 Å². The van der Waals surface area contributed by atoms with E-state index in [4.69, 9.17) is 5.73 Å². The number of rotatable bonds is 5. The zero-order chi connectivity index (χ0) is 13.5. The first kappa shape index (κ1) is 14.3. The number of aromatic nitrogens is 2. The maximum atomic E-state index is 5.68. The van der Waals surface area contributed by atoms with Crippen molar-refractivity contribution in [3.8, 4) is 0 Å². The van der Waals surface area contributed by atoms with Gasteiger partial charge in [-0.25, -0.2) is 0 Å². The molecule has 19 heavy (non-hydrogen) atoms. The molecule has 2 N–H and O–H groups in total. The van der Waals surface area contributed by atoms with E-state index in [0.29, 0.717) is 6.04 Å². The molecule has 0 amide bonds. The Balaban J connectivity index is 2.11. The zero-order valence-corrected chi connectivity index (χ0v) is 12.0. The van der Waals surface area contributed by atoms with E-state index in [0.717, 1.165) is 31.0 Å². The van der Waals surface area contributed by atoms with Crippen LogP contribution in [-0.4, -0.2) is 29.3 Å². The van der Waals surface area contributed by atoms with E-state index in [-0.39, 0.29) is 0 Å². The van der Waals surface area contributed by atoms with Crippen LogP contribution in [0.3, 0.4) is 0 Å². The van der Waals surface area contributed by atoms with Crippen LogP contribution < -0.4 is 10.6 Å². The van der Waals surface area contributed by atoms with Gasteiger partial charge in [0.25, 0.3) is 0 Å². The largest absolute Gasteiger partial charge is 0.352 e. The summed E-state index contributed by atoms with van der Waals surface area (Å²) in [5.74, 6) is 1.02. The van der Waals surface area contributed by atoms with Crippen molar-refractivity contribution in [2.45, 2.75) is 57.9 Å². The Morgan fingerprint density at radius 2 is 1.89 bits per heavy atom. The maximum Gasteiger partial charge on any atom is 0.151 e. The molecule has 0 aromatic carbocycles. The van der Waals surface area contributed by atoms with E-state index in [2.05, 4.69) is 27.2 Å². The highest BCUT2D eigenvalue weighted by atomic mass is 15.3. The summed E-state index contributed by atoms with van der Waals surface area (Å²) < 4.78 is 0. The van der Waals surface area contributed by atoms with Crippen molar-refractivity contribution < 1.29 is 0 Å². The van der Waals surface area contributed by atoms with Crippen molar-refractivity contribution >= 4 is 5.82 Å². The van der Waals surface area contributed by atoms with Gasteiger partial charge in [-0.2, -0.15) is 5.10 Å². The fraction of sp³-hybridized carbons (Fsp3) is 0.733. The van der Waals surface area contributed by atoms with E-state index in [1.807, 2.05) is 6.92 Å². The molecule has 1 fully saturated rings. The molecule has 0 bridgehead atoms.